The number of hydrogen-bond acceptors (Lipinski definition) is 3. The number of benzene rings is 1. The van der Waals surface area contributed by atoms with Gasteiger partial charge in [-0.05, 0) is 36.0 Å². The van der Waals surface area contributed by atoms with E-state index < -0.39 is 10.0 Å². The summed E-state index contributed by atoms with van der Waals surface area (Å²) in [5.74, 6) is -0.0174. The zero-order valence-corrected chi connectivity index (χ0v) is 14.2. The van der Waals surface area contributed by atoms with Gasteiger partial charge in [0.2, 0.25) is 15.9 Å². The Labute approximate surface area is 132 Å². The lowest BCUT2D eigenvalue weighted by molar-refractivity contribution is -0.120. The summed E-state index contributed by atoms with van der Waals surface area (Å²) in [4.78, 5) is 11.6. The number of hydrogen-bond donors (Lipinski definition) is 2. The molecule has 2 rings (SSSR count). The van der Waals surface area contributed by atoms with Gasteiger partial charge in [-0.2, -0.15) is 0 Å². The van der Waals surface area contributed by atoms with Gasteiger partial charge in [0, 0.05) is 19.0 Å². The predicted molar refractivity (Wildman–Crippen MR) is 86.1 cm³/mol. The summed E-state index contributed by atoms with van der Waals surface area (Å²) in [6, 6.07) is 6.79. The first-order chi connectivity index (χ1) is 10.2. The molecule has 0 aromatic heterocycles. The molecule has 5 nitrogen and oxygen atoms in total. The molecule has 0 aliphatic carbocycles. The van der Waals surface area contributed by atoms with E-state index in [4.69, 9.17) is 0 Å². The van der Waals surface area contributed by atoms with Crippen molar-refractivity contribution < 1.29 is 13.2 Å². The highest BCUT2D eigenvalue weighted by Crippen LogP contribution is 2.23. The summed E-state index contributed by atoms with van der Waals surface area (Å²) >= 11 is 0. The van der Waals surface area contributed by atoms with E-state index in [1.54, 1.807) is 12.1 Å². The first kappa shape index (κ1) is 17.0. The first-order valence-electron chi connectivity index (χ1n) is 7.58. The molecule has 0 spiro atoms. The van der Waals surface area contributed by atoms with Crippen molar-refractivity contribution in [1.82, 2.24) is 10.0 Å². The van der Waals surface area contributed by atoms with E-state index in [1.807, 2.05) is 12.1 Å². The van der Waals surface area contributed by atoms with Crippen LogP contribution in [0, 0.1) is 0 Å². The number of sulfonamides is 1. The molecule has 1 aromatic carbocycles. The zero-order valence-electron chi connectivity index (χ0n) is 13.3. The normalized spacial score (nSPS) is 20.3. The molecule has 1 heterocycles. The van der Waals surface area contributed by atoms with Gasteiger partial charge in [0.05, 0.1) is 4.90 Å². The maximum atomic E-state index is 12.4. The average molecular weight is 324 g/mol. The Morgan fingerprint density at radius 1 is 1.14 bits per heavy atom. The SMILES string of the molecule is CC(C)(C)c1ccc(S(=O)(=O)NC2CCNC(=O)CC2)cc1. The minimum absolute atomic E-state index is 0.0109. The topological polar surface area (TPSA) is 75.3 Å². The fraction of sp³-hybridized carbons (Fsp3) is 0.562. The summed E-state index contributed by atoms with van der Waals surface area (Å²) in [5.41, 5.74) is 1.08. The highest BCUT2D eigenvalue weighted by atomic mass is 32.2. The molecule has 22 heavy (non-hydrogen) atoms. The van der Waals surface area contributed by atoms with Crippen LogP contribution in [0.2, 0.25) is 0 Å². The van der Waals surface area contributed by atoms with Crippen molar-refractivity contribution in [3.05, 3.63) is 29.8 Å². The van der Waals surface area contributed by atoms with Gasteiger partial charge in [-0.25, -0.2) is 13.1 Å². The molecule has 1 unspecified atom stereocenters. The van der Waals surface area contributed by atoms with Gasteiger partial charge in [-0.15, -0.1) is 0 Å². The molecule has 1 aliphatic heterocycles. The molecule has 0 bridgehead atoms. The van der Waals surface area contributed by atoms with Gasteiger partial charge in [0.15, 0.2) is 0 Å². The standard InChI is InChI=1S/C16H24N2O3S/c1-16(2,3)12-4-7-14(8-5-12)22(20,21)18-13-6-9-15(19)17-11-10-13/h4-5,7-8,13,18H,6,9-11H2,1-3H3,(H,17,19). The van der Waals surface area contributed by atoms with Gasteiger partial charge in [0.1, 0.15) is 0 Å². The van der Waals surface area contributed by atoms with Crippen LogP contribution in [0.25, 0.3) is 0 Å². The van der Waals surface area contributed by atoms with Crippen molar-refractivity contribution in [2.75, 3.05) is 6.54 Å². The fourth-order valence-corrected chi connectivity index (χ4v) is 3.77. The smallest absolute Gasteiger partial charge is 0.240 e. The van der Waals surface area contributed by atoms with E-state index in [1.165, 1.54) is 0 Å². The molecule has 2 N–H and O–H groups in total. The van der Waals surface area contributed by atoms with E-state index in [0.717, 1.165) is 5.56 Å². The number of amides is 1. The predicted octanol–water partition coefficient (Wildman–Crippen LogP) is 1.93. The Hall–Kier alpha value is -1.40. The molecule has 122 valence electrons. The van der Waals surface area contributed by atoms with Gasteiger partial charge in [0.25, 0.3) is 0 Å². The highest BCUT2D eigenvalue weighted by molar-refractivity contribution is 7.89. The van der Waals surface area contributed by atoms with Crippen molar-refractivity contribution in [2.24, 2.45) is 0 Å². The monoisotopic (exact) mass is 324 g/mol. The summed E-state index contributed by atoms with van der Waals surface area (Å²) in [5, 5.41) is 2.75. The van der Waals surface area contributed by atoms with Crippen molar-refractivity contribution in [1.29, 1.82) is 0 Å². The van der Waals surface area contributed by atoms with Crippen LogP contribution in [-0.4, -0.2) is 26.9 Å². The lowest BCUT2D eigenvalue weighted by atomic mass is 9.87. The Kier molecular flexibility index (Phi) is 4.92. The second kappa shape index (κ2) is 6.38. The van der Waals surface area contributed by atoms with E-state index in [-0.39, 0.29) is 22.3 Å². The second-order valence-electron chi connectivity index (χ2n) is 6.77. The van der Waals surface area contributed by atoms with Gasteiger partial charge in [-0.3, -0.25) is 4.79 Å². The number of rotatable bonds is 3. The van der Waals surface area contributed by atoms with E-state index in [9.17, 15) is 13.2 Å². The van der Waals surface area contributed by atoms with Crippen LogP contribution >= 0.6 is 0 Å². The first-order valence-corrected chi connectivity index (χ1v) is 9.06. The van der Waals surface area contributed by atoms with Crippen LogP contribution in [0.5, 0.6) is 0 Å². The van der Waals surface area contributed by atoms with Gasteiger partial charge in [-0.1, -0.05) is 32.9 Å². The molecule has 1 aromatic rings. The number of carbonyl (C=O) groups is 1. The quantitative estimate of drug-likeness (QED) is 0.892. The summed E-state index contributed by atoms with van der Waals surface area (Å²) in [6.45, 7) is 6.77. The molecule has 1 saturated heterocycles. The lowest BCUT2D eigenvalue weighted by Crippen LogP contribution is -2.35. The van der Waals surface area contributed by atoms with Crippen molar-refractivity contribution in [2.45, 2.75) is 56.4 Å². The maximum absolute atomic E-state index is 12.4. The van der Waals surface area contributed by atoms with E-state index >= 15 is 0 Å². The van der Waals surface area contributed by atoms with Crippen molar-refractivity contribution in [3.63, 3.8) is 0 Å². The third-order valence-electron chi connectivity index (χ3n) is 3.89. The highest BCUT2D eigenvalue weighted by Gasteiger charge is 2.23. The molecule has 0 saturated carbocycles. The molecule has 1 fully saturated rings. The van der Waals surface area contributed by atoms with E-state index in [2.05, 4.69) is 30.8 Å². The minimum Gasteiger partial charge on any atom is -0.356 e. The van der Waals surface area contributed by atoms with Crippen LogP contribution in [0.3, 0.4) is 0 Å². The largest absolute Gasteiger partial charge is 0.356 e. The molecular weight excluding hydrogens is 300 g/mol. The van der Waals surface area contributed by atoms with Crippen LogP contribution in [0.1, 0.15) is 45.6 Å². The van der Waals surface area contributed by atoms with Crippen molar-refractivity contribution >= 4 is 15.9 Å². The van der Waals surface area contributed by atoms with Gasteiger partial charge < -0.3 is 5.32 Å². The molecule has 1 aliphatic rings. The van der Waals surface area contributed by atoms with Crippen molar-refractivity contribution in [3.8, 4) is 0 Å². The molecule has 1 atom stereocenters. The third-order valence-corrected chi connectivity index (χ3v) is 5.42. The number of carbonyl (C=O) groups excluding carboxylic acids is 1. The maximum Gasteiger partial charge on any atom is 0.240 e. The summed E-state index contributed by atoms with van der Waals surface area (Å²) < 4.78 is 27.6. The van der Waals surface area contributed by atoms with E-state index in [0.29, 0.717) is 25.8 Å². The number of nitrogens with one attached hydrogen (secondary N) is 2. The van der Waals surface area contributed by atoms with Crippen LogP contribution in [-0.2, 0) is 20.2 Å². The second-order valence-corrected chi connectivity index (χ2v) is 8.48. The Morgan fingerprint density at radius 2 is 1.77 bits per heavy atom. The Balaban J connectivity index is 2.11. The molecule has 0 radical (unpaired) electrons. The Bertz CT molecular complexity index is 630. The average Bonchev–Trinajstić information content (AvgIpc) is 2.62. The van der Waals surface area contributed by atoms with Crippen LogP contribution in [0.4, 0.5) is 0 Å². The summed E-state index contributed by atoms with van der Waals surface area (Å²) in [7, 11) is -3.54. The minimum atomic E-state index is -3.54. The Morgan fingerprint density at radius 3 is 2.36 bits per heavy atom. The van der Waals surface area contributed by atoms with Gasteiger partial charge >= 0.3 is 0 Å². The lowest BCUT2D eigenvalue weighted by Gasteiger charge is -2.20. The molecule has 1 amide bonds. The molecular formula is C16H24N2O3S. The third kappa shape index (κ3) is 4.30. The fourth-order valence-electron chi connectivity index (χ4n) is 2.46. The van der Waals surface area contributed by atoms with Crippen LogP contribution in [0.15, 0.2) is 29.2 Å². The summed E-state index contributed by atoms with van der Waals surface area (Å²) in [6.07, 6.45) is 1.51. The molecule has 6 heteroatoms. The van der Waals surface area contributed by atoms with Crippen LogP contribution < -0.4 is 10.0 Å². The zero-order chi connectivity index (χ0) is 16.4.